The highest BCUT2D eigenvalue weighted by molar-refractivity contribution is 7.08. The van der Waals surface area contributed by atoms with Gasteiger partial charge in [-0.1, -0.05) is 13.8 Å². The molecule has 1 unspecified atom stereocenters. The van der Waals surface area contributed by atoms with Crippen molar-refractivity contribution >= 4 is 11.5 Å². The van der Waals surface area contributed by atoms with Crippen molar-refractivity contribution in [2.45, 2.75) is 39.7 Å². The summed E-state index contributed by atoms with van der Waals surface area (Å²) in [6, 6.07) is 2.27. The smallest absolute Gasteiger partial charge is 0.213 e. The quantitative estimate of drug-likeness (QED) is 0.859. The van der Waals surface area contributed by atoms with Crippen molar-refractivity contribution in [3.63, 3.8) is 0 Å². The zero-order valence-electron chi connectivity index (χ0n) is 11.0. The van der Waals surface area contributed by atoms with Crippen LogP contribution in [0.3, 0.4) is 0 Å². The molecule has 2 N–H and O–H groups in total. The van der Waals surface area contributed by atoms with E-state index in [4.69, 9.17) is 5.73 Å². The molecular weight excluding hydrogens is 244 g/mol. The zero-order chi connectivity index (χ0) is 12.9. The molecule has 0 aromatic carbocycles. The van der Waals surface area contributed by atoms with Gasteiger partial charge >= 0.3 is 0 Å². The minimum atomic E-state index is 0.138. The first-order valence-electron chi connectivity index (χ1n) is 6.23. The molecule has 2 aromatic rings. The number of nitrogens with zero attached hydrogens (tertiary/aromatic N) is 3. The summed E-state index contributed by atoms with van der Waals surface area (Å²) in [5, 5.41) is 0.943. The lowest BCUT2D eigenvalue weighted by Crippen LogP contribution is -2.30. The molecule has 18 heavy (non-hydrogen) atoms. The maximum atomic E-state index is 6.27. The predicted octanol–water partition coefficient (Wildman–Crippen LogP) is 2.61. The second-order valence-electron chi connectivity index (χ2n) is 5.86. The Hall–Kier alpha value is -1.20. The van der Waals surface area contributed by atoms with Gasteiger partial charge in [-0.2, -0.15) is 4.37 Å². The Morgan fingerprint density at radius 2 is 2.28 bits per heavy atom. The Labute approximate surface area is 111 Å². The monoisotopic (exact) mass is 262 g/mol. The highest BCUT2D eigenvalue weighted by Crippen LogP contribution is 2.40. The number of hydrogen-bond donors (Lipinski definition) is 1. The highest BCUT2D eigenvalue weighted by atomic mass is 32.1. The van der Waals surface area contributed by atoms with Crippen molar-refractivity contribution in [2.75, 3.05) is 0 Å². The zero-order valence-corrected chi connectivity index (χ0v) is 11.8. The maximum Gasteiger partial charge on any atom is 0.213 e. The molecule has 0 saturated carbocycles. The van der Waals surface area contributed by atoms with Gasteiger partial charge < -0.3 is 5.73 Å². The molecule has 96 valence electrons. The second kappa shape index (κ2) is 3.90. The van der Waals surface area contributed by atoms with Crippen molar-refractivity contribution in [3.05, 3.63) is 29.3 Å². The van der Waals surface area contributed by atoms with Gasteiger partial charge in [0.15, 0.2) is 0 Å². The molecule has 0 amide bonds. The number of hydrogen-bond acceptors (Lipinski definition) is 4. The van der Waals surface area contributed by atoms with Gasteiger partial charge in [-0.15, -0.1) is 0 Å². The average Bonchev–Trinajstić information content (AvgIpc) is 2.82. The van der Waals surface area contributed by atoms with E-state index < -0.39 is 0 Å². The summed E-state index contributed by atoms with van der Waals surface area (Å²) in [4.78, 5) is 4.46. The normalized spacial score (nSPS) is 21.9. The first-order chi connectivity index (χ1) is 8.46. The Bertz CT molecular complexity index is 582. The maximum absolute atomic E-state index is 6.27. The molecule has 1 aliphatic rings. The molecule has 0 fully saturated rings. The lowest BCUT2D eigenvalue weighted by molar-refractivity contribution is 0.278. The molecule has 0 radical (unpaired) electrons. The Kier molecular flexibility index (Phi) is 2.57. The van der Waals surface area contributed by atoms with E-state index in [9.17, 15) is 0 Å². The Morgan fingerprint density at radius 3 is 2.94 bits per heavy atom. The summed E-state index contributed by atoms with van der Waals surface area (Å²) in [5.74, 6) is 0.830. The molecule has 0 saturated heterocycles. The number of fused-ring (bicyclic) bond motifs is 1. The van der Waals surface area contributed by atoms with Crippen LogP contribution in [0.1, 0.15) is 43.4 Å². The van der Waals surface area contributed by atoms with E-state index >= 15 is 0 Å². The minimum absolute atomic E-state index is 0.138. The molecule has 0 bridgehead atoms. The van der Waals surface area contributed by atoms with E-state index in [-0.39, 0.29) is 11.5 Å². The lowest BCUT2D eigenvalue weighted by Gasteiger charge is -2.34. The van der Waals surface area contributed by atoms with Gasteiger partial charge in [-0.3, -0.25) is 4.57 Å². The van der Waals surface area contributed by atoms with E-state index in [0.717, 1.165) is 23.8 Å². The summed E-state index contributed by atoms with van der Waals surface area (Å²) in [6.07, 6.45) is 4.16. The molecule has 2 aromatic heterocycles. The molecular formula is C13H18N4S. The van der Waals surface area contributed by atoms with Crippen LogP contribution in [0.15, 0.2) is 12.3 Å². The molecule has 4 nitrogen and oxygen atoms in total. The van der Waals surface area contributed by atoms with Crippen molar-refractivity contribution in [1.82, 2.24) is 13.9 Å². The van der Waals surface area contributed by atoms with E-state index in [2.05, 4.69) is 40.0 Å². The van der Waals surface area contributed by atoms with E-state index in [1.54, 1.807) is 0 Å². The van der Waals surface area contributed by atoms with Crippen molar-refractivity contribution in [3.8, 4) is 5.13 Å². The predicted molar refractivity (Wildman–Crippen MR) is 73.0 cm³/mol. The number of aryl methyl sites for hydroxylation is 1. The fourth-order valence-corrected chi connectivity index (χ4v) is 3.49. The third kappa shape index (κ3) is 1.87. The van der Waals surface area contributed by atoms with E-state index in [1.807, 2.05) is 6.92 Å². The minimum Gasteiger partial charge on any atom is -0.324 e. The average molecular weight is 262 g/mol. The number of nitrogens with two attached hydrogens (primary N) is 1. The number of rotatable bonds is 1. The molecule has 5 heteroatoms. The van der Waals surface area contributed by atoms with Crippen LogP contribution in [0, 0.1) is 12.3 Å². The van der Waals surface area contributed by atoms with Gasteiger partial charge in [0, 0.05) is 29.5 Å². The van der Waals surface area contributed by atoms with Crippen molar-refractivity contribution < 1.29 is 0 Å². The van der Waals surface area contributed by atoms with Crippen LogP contribution in [0.2, 0.25) is 0 Å². The summed E-state index contributed by atoms with van der Waals surface area (Å²) in [7, 11) is 0. The van der Waals surface area contributed by atoms with Crippen LogP contribution in [0.5, 0.6) is 0 Å². The fraction of sp³-hybridized carbons (Fsp3) is 0.538. The summed E-state index contributed by atoms with van der Waals surface area (Å²) in [5.41, 5.74) is 9.09. The lowest BCUT2D eigenvalue weighted by atomic mass is 9.75. The first kappa shape index (κ1) is 11.9. The Balaban J connectivity index is 2.10. The third-order valence-corrected chi connectivity index (χ3v) is 4.37. The summed E-state index contributed by atoms with van der Waals surface area (Å²) >= 11 is 1.44. The van der Waals surface area contributed by atoms with Gasteiger partial charge in [0.2, 0.25) is 5.13 Å². The number of aromatic nitrogens is 3. The molecule has 1 atom stereocenters. The Morgan fingerprint density at radius 1 is 1.50 bits per heavy atom. The second-order valence-corrected chi connectivity index (χ2v) is 6.59. The standard InChI is InChI=1S/C13H18N4S/c1-8-15-12(18-16-8)17-5-4-9-10(14)6-13(2,3)7-11(9)17/h4-5,10H,6-7,14H2,1-3H3. The van der Waals surface area contributed by atoms with Crippen LogP contribution in [-0.4, -0.2) is 13.9 Å². The summed E-state index contributed by atoms with van der Waals surface area (Å²) < 4.78 is 6.41. The highest BCUT2D eigenvalue weighted by Gasteiger charge is 2.32. The molecule has 0 aliphatic heterocycles. The van der Waals surface area contributed by atoms with Crippen molar-refractivity contribution in [2.24, 2.45) is 11.1 Å². The molecule has 1 aliphatic carbocycles. The van der Waals surface area contributed by atoms with Crippen LogP contribution < -0.4 is 5.73 Å². The third-order valence-electron chi connectivity index (χ3n) is 3.57. The topological polar surface area (TPSA) is 56.7 Å². The fourth-order valence-electron chi connectivity index (χ4n) is 2.80. The largest absolute Gasteiger partial charge is 0.324 e. The molecule has 0 spiro atoms. The SMILES string of the molecule is Cc1nsc(-n2ccc3c2CC(C)(C)CC3N)n1. The van der Waals surface area contributed by atoms with E-state index in [0.29, 0.717) is 0 Å². The van der Waals surface area contributed by atoms with Crippen LogP contribution >= 0.6 is 11.5 Å². The summed E-state index contributed by atoms with van der Waals surface area (Å²) in [6.45, 7) is 6.47. The van der Waals surface area contributed by atoms with Crippen LogP contribution in [0.25, 0.3) is 5.13 Å². The first-order valence-corrected chi connectivity index (χ1v) is 7.00. The van der Waals surface area contributed by atoms with Crippen LogP contribution in [-0.2, 0) is 6.42 Å². The van der Waals surface area contributed by atoms with Gasteiger partial charge in [-0.25, -0.2) is 4.98 Å². The van der Waals surface area contributed by atoms with Crippen LogP contribution in [0.4, 0.5) is 0 Å². The molecule has 2 heterocycles. The van der Waals surface area contributed by atoms with Gasteiger partial charge in [0.25, 0.3) is 0 Å². The van der Waals surface area contributed by atoms with E-state index in [1.165, 1.54) is 22.8 Å². The van der Waals surface area contributed by atoms with Crippen molar-refractivity contribution in [1.29, 1.82) is 0 Å². The van der Waals surface area contributed by atoms with Gasteiger partial charge in [0.1, 0.15) is 5.82 Å². The van der Waals surface area contributed by atoms with Gasteiger partial charge in [-0.05, 0) is 36.8 Å². The van der Waals surface area contributed by atoms with Gasteiger partial charge in [0.05, 0.1) is 0 Å². The molecule has 3 rings (SSSR count).